The molecule has 21 heavy (non-hydrogen) atoms. The van der Waals surface area contributed by atoms with Crippen molar-refractivity contribution in [1.29, 1.82) is 0 Å². The third kappa shape index (κ3) is 4.37. The van der Waals surface area contributed by atoms with Crippen molar-refractivity contribution in [3.05, 3.63) is 41.8 Å². The maximum absolute atomic E-state index is 11.9. The molecule has 6 nitrogen and oxygen atoms in total. The van der Waals surface area contributed by atoms with E-state index in [-0.39, 0.29) is 17.9 Å². The maximum atomic E-state index is 11.9. The Morgan fingerprint density at radius 1 is 1.38 bits per heavy atom. The number of hydrogen-bond acceptors (Lipinski definition) is 5. The van der Waals surface area contributed by atoms with Crippen molar-refractivity contribution in [1.82, 2.24) is 20.4 Å². The molecule has 0 aromatic carbocycles. The molecule has 2 aromatic heterocycles. The van der Waals surface area contributed by atoms with Crippen LogP contribution in [0.3, 0.4) is 0 Å². The number of nitrogens with zero attached hydrogens (tertiary/aromatic N) is 3. The smallest absolute Gasteiger partial charge is 0.227 e. The van der Waals surface area contributed by atoms with Crippen LogP contribution in [0.5, 0.6) is 0 Å². The summed E-state index contributed by atoms with van der Waals surface area (Å²) >= 11 is 0. The minimum atomic E-state index is -0.0693. The van der Waals surface area contributed by atoms with Crippen LogP contribution in [0, 0.1) is 0 Å². The van der Waals surface area contributed by atoms with E-state index in [1.54, 1.807) is 12.4 Å². The summed E-state index contributed by atoms with van der Waals surface area (Å²) in [6.07, 6.45) is 4.23. The molecule has 2 rings (SSSR count). The largest absolute Gasteiger partial charge is 0.350 e. The summed E-state index contributed by atoms with van der Waals surface area (Å²) in [7, 11) is 0. The Balaban J connectivity index is 1.82. The van der Waals surface area contributed by atoms with Gasteiger partial charge in [0.25, 0.3) is 0 Å². The van der Waals surface area contributed by atoms with Gasteiger partial charge in [-0.15, -0.1) is 0 Å². The van der Waals surface area contributed by atoms with Gasteiger partial charge in [-0.1, -0.05) is 25.1 Å². The molecular weight excluding hydrogens is 268 g/mol. The predicted molar refractivity (Wildman–Crippen MR) is 77.5 cm³/mol. The summed E-state index contributed by atoms with van der Waals surface area (Å²) < 4.78 is 5.11. The SMILES string of the molecule is CC(C)c1noc(CCC(=O)N[C@H](C)c2cccnc2)n1. The Hall–Kier alpha value is -2.24. The standard InChI is InChI=1S/C15H20N4O2/c1-10(2)15-18-14(21-19-15)7-6-13(20)17-11(3)12-5-4-8-16-9-12/h4-5,8-11H,6-7H2,1-3H3,(H,17,20)/t11-/m1/s1. The van der Waals surface area contributed by atoms with Gasteiger partial charge in [0.2, 0.25) is 11.8 Å². The first kappa shape index (κ1) is 15.2. The minimum absolute atomic E-state index is 0.0457. The van der Waals surface area contributed by atoms with Gasteiger partial charge in [-0.3, -0.25) is 9.78 Å². The van der Waals surface area contributed by atoms with E-state index < -0.39 is 0 Å². The van der Waals surface area contributed by atoms with Gasteiger partial charge < -0.3 is 9.84 Å². The quantitative estimate of drug-likeness (QED) is 0.882. The Morgan fingerprint density at radius 2 is 2.19 bits per heavy atom. The highest BCUT2D eigenvalue weighted by atomic mass is 16.5. The molecule has 0 aliphatic heterocycles. The molecule has 6 heteroatoms. The van der Waals surface area contributed by atoms with Crippen molar-refractivity contribution in [2.45, 2.75) is 45.6 Å². The van der Waals surface area contributed by atoms with Gasteiger partial charge >= 0.3 is 0 Å². The first-order valence-electron chi connectivity index (χ1n) is 7.08. The lowest BCUT2D eigenvalue weighted by Crippen LogP contribution is -2.26. The highest BCUT2D eigenvalue weighted by Crippen LogP contribution is 2.12. The molecule has 0 aliphatic rings. The average molecular weight is 288 g/mol. The summed E-state index contributed by atoms with van der Waals surface area (Å²) in [4.78, 5) is 20.2. The number of pyridine rings is 1. The number of nitrogens with one attached hydrogen (secondary N) is 1. The number of aromatic nitrogens is 3. The van der Waals surface area contributed by atoms with Crippen molar-refractivity contribution in [2.75, 3.05) is 0 Å². The molecule has 0 saturated carbocycles. The zero-order chi connectivity index (χ0) is 15.2. The van der Waals surface area contributed by atoms with Crippen LogP contribution in [0.2, 0.25) is 0 Å². The molecule has 1 N–H and O–H groups in total. The lowest BCUT2D eigenvalue weighted by atomic mass is 10.1. The van der Waals surface area contributed by atoms with Crippen LogP contribution in [0.15, 0.2) is 29.0 Å². The van der Waals surface area contributed by atoms with E-state index >= 15 is 0 Å². The third-order valence-corrected chi connectivity index (χ3v) is 3.13. The lowest BCUT2D eigenvalue weighted by Gasteiger charge is -2.13. The van der Waals surface area contributed by atoms with Gasteiger partial charge in [-0.25, -0.2) is 0 Å². The molecular formula is C15H20N4O2. The first-order chi connectivity index (χ1) is 10.1. The highest BCUT2D eigenvalue weighted by molar-refractivity contribution is 5.76. The van der Waals surface area contributed by atoms with E-state index in [1.165, 1.54) is 0 Å². The van der Waals surface area contributed by atoms with Crippen LogP contribution < -0.4 is 5.32 Å². The van der Waals surface area contributed by atoms with Gasteiger partial charge in [0.05, 0.1) is 6.04 Å². The second kappa shape index (κ2) is 6.97. The van der Waals surface area contributed by atoms with Crippen molar-refractivity contribution < 1.29 is 9.32 Å². The average Bonchev–Trinajstić information content (AvgIpc) is 2.95. The fourth-order valence-electron chi connectivity index (χ4n) is 1.85. The van der Waals surface area contributed by atoms with Gasteiger partial charge in [-0.2, -0.15) is 4.98 Å². The summed E-state index contributed by atoms with van der Waals surface area (Å²) in [6.45, 7) is 5.92. The minimum Gasteiger partial charge on any atom is -0.350 e. The molecule has 0 radical (unpaired) electrons. The first-order valence-corrected chi connectivity index (χ1v) is 7.08. The monoisotopic (exact) mass is 288 g/mol. The fraction of sp³-hybridized carbons (Fsp3) is 0.467. The Morgan fingerprint density at radius 3 is 2.81 bits per heavy atom. The van der Waals surface area contributed by atoms with Crippen LogP contribution in [0.1, 0.15) is 56.4 Å². The van der Waals surface area contributed by atoms with E-state index in [9.17, 15) is 4.79 Å². The molecule has 1 amide bonds. The second-order valence-corrected chi connectivity index (χ2v) is 5.28. The van der Waals surface area contributed by atoms with Gasteiger partial charge in [0.15, 0.2) is 5.82 Å². The molecule has 1 atom stereocenters. The zero-order valence-corrected chi connectivity index (χ0v) is 12.5. The highest BCUT2D eigenvalue weighted by Gasteiger charge is 2.13. The Kier molecular flexibility index (Phi) is 5.03. The summed E-state index contributed by atoms with van der Waals surface area (Å²) in [6, 6.07) is 3.72. The predicted octanol–water partition coefficient (Wildman–Crippen LogP) is 2.40. The number of carbonyl (C=O) groups excluding carboxylic acids is 1. The molecule has 0 spiro atoms. The van der Waals surface area contributed by atoms with E-state index in [4.69, 9.17) is 4.52 Å². The topological polar surface area (TPSA) is 80.9 Å². The molecule has 0 fully saturated rings. The van der Waals surface area contributed by atoms with Crippen molar-refractivity contribution in [2.24, 2.45) is 0 Å². The van der Waals surface area contributed by atoms with Gasteiger partial charge in [-0.05, 0) is 18.6 Å². The molecule has 0 unspecified atom stereocenters. The van der Waals surface area contributed by atoms with Gasteiger partial charge in [0, 0.05) is 31.2 Å². The van der Waals surface area contributed by atoms with Crippen LogP contribution >= 0.6 is 0 Å². The van der Waals surface area contributed by atoms with Crippen LogP contribution in [0.25, 0.3) is 0 Å². The van der Waals surface area contributed by atoms with Crippen LogP contribution in [-0.2, 0) is 11.2 Å². The van der Waals surface area contributed by atoms with Crippen molar-refractivity contribution in [3.8, 4) is 0 Å². The molecule has 2 aromatic rings. The third-order valence-electron chi connectivity index (χ3n) is 3.13. The molecule has 0 bridgehead atoms. The van der Waals surface area contributed by atoms with E-state index in [2.05, 4.69) is 20.4 Å². The summed E-state index contributed by atoms with van der Waals surface area (Å²) in [5, 5.41) is 6.80. The van der Waals surface area contributed by atoms with Crippen molar-refractivity contribution in [3.63, 3.8) is 0 Å². The number of aryl methyl sites for hydroxylation is 1. The van der Waals surface area contributed by atoms with Crippen LogP contribution in [-0.4, -0.2) is 21.0 Å². The van der Waals surface area contributed by atoms with Gasteiger partial charge in [0.1, 0.15) is 0 Å². The zero-order valence-electron chi connectivity index (χ0n) is 12.5. The van der Waals surface area contributed by atoms with Crippen LogP contribution in [0.4, 0.5) is 0 Å². The fourth-order valence-corrected chi connectivity index (χ4v) is 1.85. The molecule has 2 heterocycles. The molecule has 112 valence electrons. The summed E-state index contributed by atoms with van der Waals surface area (Å²) in [5.41, 5.74) is 0.978. The second-order valence-electron chi connectivity index (χ2n) is 5.28. The van der Waals surface area contributed by atoms with E-state index in [0.717, 1.165) is 5.56 Å². The van der Waals surface area contributed by atoms with E-state index in [0.29, 0.717) is 24.6 Å². The lowest BCUT2D eigenvalue weighted by molar-refractivity contribution is -0.121. The number of amides is 1. The normalized spacial score (nSPS) is 12.4. The molecule has 0 aliphatic carbocycles. The number of carbonyl (C=O) groups is 1. The number of hydrogen-bond donors (Lipinski definition) is 1. The van der Waals surface area contributed by atoms with Crippen molar-refractivity contribution >= 4 is 5.91 Å². The summed E-state index contributed by atoms with van der Waals surface area (Å²) in [5.74, 6) is 1.36. The maximum Gasteiger partial charge on any atom is 0.227 e. The Labute approximate surface area is 124 Å². The number of rotatable bonds is 6. The molecule has 0 saturated heterocycles. The Bertz CT molecular complexity index is 580. The van der Waals surface area contributed by atoms with E-state index in [1.807, 2.05) is 32.9 Å².